The standard InChI is InChI=1S/C16H35N3/c1-13(2)11-19(15(5)6)16(12-17)7-9-18(10-8-16)14(3)4/h13-15H,7-12,17H2,1-6H3. The smallest absolute Gasteiger partial charge is 0.0358 e. The minimum atomic E-state index is 0.226. The van der Waals surface area contributed by atoms with Gasteiger partial charge in [0.15, 0.2) is 0 Å². The monoisotopic (exact) mass is 269 g/mol. The molecule has 0 aliphatic carbocycles. The molecule has 0 atom stereocenters. The van der Waals surface area contributed by atoms with Crippen LogP contribution in [0.5, 0.6) is 0 Å². The van der Waals surface area contributed by atoms with Gasteiger partial charge in [-0.05, 0) is 46.5 Å². The highest BCUT2D eigenvalue weighted by Crippen LogP contribution is 2.31. The highest BCUT2D eigenvalue weighted by atomic mass is 15.3. The second-order valence-corrected chi connectivity index (χ2v) is 7.20. The molecule has 0 bridgehead atoms. The molecule has 3 heteroatoms. The number of nitrogens with zero attached hydrogens (tertiary/aromatic N) is 2. The van der Waals surface area contributed by atoms with Gasteiger partial charge in [-0.1, -0.05) is 13.8 Å². The van der Waals surface area contributed by atoms with E-state index in [1.54, 1.807) is 0 Å². The molecule has 1 rings (SSSR count). The van der Waals surface area contributed by atoms with Gasteiger partial charge in [0.2, 0.25) is 0 Å². The zero-order valence-corrected chi connectivity index (χ0v) is 13.9. The highest BCUT2D eigenvalue weighted by Gasteiger charge is 2.40. The summed E-state index contributed by atoms with van der Waals surface area (Å²) in [7, 11) is 0. The van der Waals surface area contributed by atoms with Crippen molar-refractivity contribution in [3.05, 3.63) is 0 Å². The SMILES string of the molecule is CC(C)CN(C(C)C)C1(CN)CCN(C(C)C)CC1. The summed E-state index contributed by atoms with van der Waals surface area (Å²) in [4.78, 5) is 5.26. The van der Waals surface area contributed by atoms with Crippen LogP contribution in [0.4, 0.5) is 0 Å². The molecule has 0 saturated carbocycles. The second-order valence-electron chi connectivity index (χ2n) is 7.20. The van der Waals surface area contributed by atoms with Crippen LogP contribution in [0, 0.1) is 5.92 Å². The molecule has 1 heterocycles. The predicted molar refractivity (Wildman–Crippen MR) is 84.4 cm³/mol. The van der Waals surface area contributed by atoms with E-state index in [9.17, 15) is 0 Å². The molecular weight excluding hydrogens is 234 g/mol. The summed E-state index contributed by atoms with van der Waals surface area (Å²) in [6.45, 7) is 18.2. The lowest BCUT2D eigenvalue weighted by Gasteiger charge is -2.51. The second kappa shape index (κ2) is 7.05. The van der Waals surface area contributed by atoms with E-state index >= 15 is 0 Å². The lowest BCUT2D eigenvalue weighted by atomic mass is 9.83. The number of likely N-dealkylation sites (tertiary alicyclic amines) is 1. The van der Waals surface area contributed by atoms with Gasteiger partial charge in [-0.15, -0.1) is 0 Å². The fraction of sp³-hybridized carbons (Fsp3) is 1.00. The normalized spacial score (nSPS) is 21.0. The van der Waals surface area contributed by atoms with E-state index in [0.29, 0.717) is 18.0 Å². The molecule has 1 aliphatic heterocycles. The number of hydrogen-bond acceptors (Lipinski definition) is 3. The summed E-state index contributed by atoms with van der Waals surface area (Å²) in [5.41, 5.74) is 6.44. The Bertz CT molecular complexity index is 253. The summed E-state index contributed by atoms with van der Waals surface area (Å²) in [6, 6.07) is 1.24. The minimum absolute atomic E-state index is 0.226. The zero-order chi connectivity index (χ0) is 14.6. The van der Waals surface area contributed by atoms with E-state index in [1.807, 2.05) is 0 Å². The third-order valence-electron chi connectivity index (χ3n) is 4.63. The largest absolute Gasteiger partial charge is 0.329 e. The fourth-order valence-electron chi connectivity index (χ4n) is 3.41. The Morgan fingerprint density at radius 1 is 1.05 bits per heavy atom. The predicted octanol–water partition coefficient (Wildman–Crippen LogP) is 2.55. The summed E-state index contributed by atoms with van der Waals surface area (Å²) in [5, 5.41) is 0. The van der Waals surface area contributed by atoms with Crippen molar-refractivity contribution in [3.8, 4) is 0 Å². The third kappa shape index (κ3) is 4.17. The molecule has 0 unspecified atom stereocenters. The quantitative estimate of drug-likeness (QED) is 0.804. The molecule has 114 valence electrons. The van der Waals surface area contributed by atoms with Gasteiger partial charge in [-0.25, -0.2) is 0 Å². The Hall–Kier alpha value is -0.120. The molecule has 1 saturated heterocycles. The molecule has 0 aromatic carbocycles. The fourth-order valence-corrected chi connectivity index (χ4v) is 3.41. The molecule has 3 nitrogen and oxygen atoms in total. The van der Waals surface area contributed by atoms with Crippen LogP contribution in [0.3, 0.4) is 0 Å². The first-order chi connectivity index (χ1) is 8.82. The van der Waals surface area contributed by atoms with Crippen LogP contribution in [0.1, 0.15) is 54.4 Å². The molecule has 0 aromatic heterocycles. The lowest BCUT2D eigenvalue weighted by Crippen LogP contribution is -2.62. The number of nitrogens with two attached hydrogens (primary N) is 1. The maximum atomic E-state index is 6.21. The molecule has 19 heavy (non-hydrogen) atoms. The van der Waals surface area contributed by atoms with Crippen LogP contribution >= 0.6 is 0 Å². The van der Waals surface area contributed by atoms with Crippen molar-refractivity contribution < 1.29 is 0 Å². The third-order valence-corrected chi connectivity index (χ3v) is 4.63. The van der Waals surface area contributed by atoms with Crippen LogP contribution in [0.2, 0.25) is 0 Å². The molecule has 0 aromatic rings. The van der Waals surface area contributed by atoms with Crippen LogP contribution in [-0.4, -0.2) is 53.6 Å². The summed E-state index contributed by atoms with van der Waals surface area (Å²) in [6.07, 6.45) is 2.43. The van der Waals surface area contributed by atoms with E-state index in [2.05, 4.69) is 51.3 Å². The van der Waals surface area contributed by atoms with Crippen LogP contribution in [-0.2, 0) is 0 Å². The van der Waals surface area contributed by atoms with Crippen molar-refractivity contribution in [1.29, 1.82) is 0 Å². The topological polar surface area (TPSA) is 32.5 Å². The Balaban J connectivity index is 2.79. The summed E-state index contributed by atoms with van der Waals surface area (Å²) in [5.74, 6) is 0.703. The average molecular weight is 269 g/mol. The molecule has 2 N–H and O–H groups in total. The van der Waals surface area contributed by atoms with E-state index < -0.39 is 0 Å². The Labute approximate surface area is 120 Å². The van der Waals surface area contributed by atoms with Crippen LogP contribution in [0.25, 0.3) is 0 Å². The van der Waals surface area contributed by atoms with Gasteiger partial charge in [-0.3, -0.25) is 4.90 Å². The van der Waals surface area contributed by atoms with Gasteiger partial charge in [-0.2, -0.15) is 0 Å². The van der Waals surface area contributed by atoms with Crippen molar-refractivity contribution in [1.82, 2.24) is 9.80 Å². The number of piperidine rings is 1. The first-order valence-electron chi connectivity index (χ1n) is 8.03. The molecule has 0 spiro atoms. The van der Waals surface area contributed by atoms with Gasteiger partial charge < -0.3 is 10.6 Å². The average Bonchev–Trinajstić information content (AvgIpc) is 2.35. The number of hydrogen-bond donors (Lipinski definition) is 1. The van der Waals surface area contributed by atoms with Gasteiger partial charge in [0.1, 0.15) is 0 Å². The van der Waals surface area contributed by atoms with Crippen LogP contribution < -0.4 is 5.73 Å². The van der Waals surface area contributed by atoms with Gasteiger partial charge in [0.25, 0.3) is 0 Å². The van der Waals surface area contributed by atoms with Crippen molar-refractivity contribution in [2.75, 3.05) is 26.2 Å². The zero-order valence-electron chi connectivity index (χ0n) is 13.9. The van der Waals surface area contributed by atoms with E-state index in [-0.39, 0.29) is 5.54 Å². The molecular formula is C16H35N3. The van der Waals surface area contributed by atoms with Crippen molar-refractivity contribution >= 4 is 0 Å². The number of rotatable bonds is 6. The van der Waals surface area contributed by atoms with Gasteiger partial charge >= 0.3 is 0 Å². The Kier molecular flexibility index (Phi) is 6.28. The van der Waals surface area contributed by atoms with E-state index in [1.165, 1.54) is 25.9 Å². The van der Waals surface area contributed by atoms with E-state index in [0.717, 1.165) is 13.1 Å². The summed E-state index contributed by atoms with van der Waals surface area (Å²) < 4.78 is 0. The summed E-state index contributed by atoms with van der Waals surface area (Å²) >= 11 is 0. The van der Waals surface area contributed by atoms with Gasteiger partial charge in [0, 0.05) is 43.8 Å². The first kappa shape index (κ1) is 16.9. The maximum absolute atomic E-state index is 6.21. The lowest BCUT2D eigenvalue weighted by molar-refractivity contribution is -0.00829. The van der Waals surface area contributed by atoms with Crippen LogP contribution in [0.15, 0.2) is 0 Å². The molecule has 0 radical (unpaired) electrons. The minimum Gasteiger partial charge on any atom is -0.329 e. The molecule has 1 fully saturated rings. The highest BCUT2D eigenvalue weighted by molar-refractivity contribution is 4.98. The van der Waals surface area contributed by atoms with Crippen molar-refractivity contribution in [3.63, 3.8) is 0 Å². The molecule has 1 aliphatic rings. The molecule has 0 amide bonds. The Morgan fingerprint density at radius 3 is 1.89 bits per heavy atom. The Morgan fingerprint density at radius 2 is 1.58 bits per heavy atom. The first-order valence-corrected chi connectivity index (χ1v) is 8.03. The van der Waals surface area contributed by atoms with Gasteiger partial charge in [0.05, 0.1) is 0 Å². The maximum Gasteiger partial charge on any atom is 0.0358 e. The van der Waals surface area contributed by atoms with Crippen molar-refractivity contribution in [2.45, 2.75) is 72.0 Å². The van der Waals surface area contributed by atoms with Crippen molar-refractivity contribution in [2.24, 2.45) is 11.7 Å². The van der Waals surface area contributed by atoms with E-state index in [4.69, 9.17) is 5.73 Å².